The average Bonchev–Trinajstić information content (AvgIpc) is 3.25. The van der Waals surface area contributed by atoms with Crippen LogP contribution in [-0.4, -0.2) is 94.6 Å². The molecule has 34 heavy (non-hydrogen) atoms. The van der Waals surface area contributed by atoms with Crippen molar-refractivity contribution in [2.75, 3.05) is 19.7 Å². The molecule has 1 fully saturated rings. The van der Waals surface area contributed by atoms with Gasteiger partial charge in [0.15, 0.2) is 0 Å². The number of esters is 1. The van der Waals surface area contributed by atoms with Gasteiger partial charge in [-0.1, -0.05) is 0 Å². The predicted octanol–water partition coefficient (Wildman–Crippen LogP) is -2.47. The molecule has 0 aromatic rings. The summed E-state index contributed by atoms with van der Waals surface area (Å²) in [5.41, 5.74) is 11.1. The van der Waals surface area contributed by atoms with E-state index in [2.05, 4.69) is 15.4 Å². The quantitative estimate of drug-likeness (QED) is 0.111. The number of carbonyl (C=O) groups excluding carboxylic acids is 4. The van der Waals surface area contributed by atoms with Gasteiger partial charge >= 0.3 is 17.9 Å². The second kappa shape index (κ2) is 14.1. The van der Waals surface area contributed by atoms with Crippen molar-refractivity contribution in [3.8, 4) is 0 Å². The molecular formula is C20H33N5O9. The Hall–Kier alpha value is -3.26. The van der Waals surface area contributed by atoms with E-state index in [9.17, 15) is 33.9 Å². The Bertz CT molecular complexity index is 776. The molecular weight excluding hydrogens is 454 g/mol. The Kier molecular flexibility index (Phi) is 11.9. The highest BCUT2D eigenvalue weighted by Gasteiger charge is 2.38. The number of nitrogens with two attached hydrogens (primary N) is 2. The number of unbranched alkanes of at least 4 members (excludes halogenated alkanes) is 1. The molecule has 4 atom stereocenters. The van der Waals surface area contributed by atoms with Crippen LogP contribution in [0.1, 0.15) is 45.4 Å². The van der Waals surface area contributed by atoms with Gasteiger partial charge in [0.1, 0.15) is 30.8 Å². The van der Waals surface area contributed by atoms with Crippen LogP contribution in [0.25, 0.3) is 0 Å². The first kappa shape index (κ1) is 28.8. The minimum Gasteiger partial charge on any atom is -0.481 e. The van der Waals surface area contributed by atoms with Gasteiger partial charge in [-0.15, -0.1) is 0 Å². The first-order valence-corrected chi connectivity index (χ1v) is 10.9. The molecule has 0 spiro atoms. The van der Waals surface area contributed by atoms with Crippen LogP contribution in [0.15, 0.2) is 0 Å². The van der Waals surface area contributed by atoms with E-state index in [1.807, 2.05) is 0 Å². The normalized spacial score (nSPS) is 17.9. The third-order valence-corrected chi connectivity index (χ3v) is 5.20. The Balaban J connectivity index is 2.97. The van der Waals surface area contributed by atoms with Crippen LogP contribution in [-0.2, 0) is 33.5 Å². The van der Waals surface area contributed by atoms with Gasteiger partial charge < -0.3 is 42.0 Å². The molecule has 0 radical (unpaired) electrons. The summed E-state index contributed by atoms with van der Waals surface area (Å²) in [5, 5.41) is 23.2. The number of nitrogens with zero attached hydrogens (tertiary/aromatic N) is 1. The Morgan fingerprint density at radius 1 is 1.06 bits per heavy atom. The number of hydrogen-bond acceptors (Lipinski definition) is 9. The first-order chi connectivity index (χ1) is 16.0. The van der Waals surface area contributed by atoms with Crippen molar-refractivity contribution in [3.63, 3.8) is 0 Å². The number of carbonyl (C=O) groups is 6. The maximum absolute atomic E-state index is 13.1. The van der Waals surface area contributed by atoms with E-state index >= 15 is 0 Å². The third kappa shape index (κ3) is 9.31. The summed E-state index contributed by atoms with van der Waals surface area (Å²) < 4.78 is 4.64. The molecule has 1 heterocycles. The molecule has 0 unspecified atom stereocenters. The third-order valence-electron chi connectivity index (χ3n) is 5.20. The Morgan fingerprint density at radius 3 is 2.26 bits per heavy atom. The van der Waals surface area contributed by atoms with Crippen molar-refractivity contribution in [1.82, 2.24) is 15.5 Å². The smallest absolute Gasteiger partial charge is 0.326 e. The molecule has 1 aliphatic rings. The summed E-state index contributed by atoms with van der Waals surface area (Å²) in [6, 6.07) is -5.08. The number of amides is 3. The number of hydrogen-bond donors (Lipinski definition) is 6. The number of rotatable bonds is 14. The standard InChI is InChI=1S/C20H33N5O9/c1-11(26)34-10-12(22)17(29)24-14(9-16(27)28)18(30)23-13(5-2-3-7-21)19(31)25-8-4-6-15(25)20(32)33/h12-15H,2-10,21-22H2,1H3,(H,23,30)(H,24,29)(H,27,28)(H,32,33)/t12-,13-,14-,15-/m0/s1. The van der Waals surface area contributed by atoms with E-state index in [1.54, 1.807) is 0 Å². The summed E-state index contributed by atoms with van der Waals surface area (Å²) in [6.45, 7) is 1.18. The Morgan fingerprint density at radius 2 is 1.71 bits per heavy atom. The van der Waals surface area contributed by atoms with E-state index in [0.29, 0.717) is 25.8 Å². The molecule has 3 amide bonds. The molecule has 1 rings (SSSR count). The van der Waals surface area contributed by atoms with Gasteiger partial charge in [-0.2, -0.15) is 0 Å². The fourth-order valence-electron chi connectivity index (χ4n) is 3.46. The lowest BCUT2D eigenvalue weighted by atomic mass is 10.1. The zero-order chi connectivity index (χ0) is 25.8. The van der Waals surface area contributed by atoms with Gasteiger partial charge in [0.2, 0.25) is 17.7 Å². The molecule has 8 N–H and O–H groups in total. The molecule has 1 saturated heterocycles. The van der Waals surface area contributed by atoms with Crippen molar-refractivity contribution in [2.45, 2.75) is 69.6 Å². The van der Waals surface area contributed by atoms with Gasteiger partial charge in [0.05, 0.1) is 6.42 Å². The van der Waals surface area contributed by atoms with Gasteiger partial charge in [-0.05, 0) is 38.6 Å². The van der Waals surface area contributed by atoms with Crippen molar-refractivity contribution in [1.29, 1.82) is 0 Å². The summed E-state index contributed by atoms with van der Waals surface area (Å²) in [7, 11) is 0. The highest BCUT2D eigenvalue weighted by Crippen LogP contribution is 2.20. The lowest BCUT2D eigenvalue weighted by Gasteiger charge is -2.28. The maximum atomic E-state index is 13.1. The van der Waals surface area contributed by atoms with Crippen molar-refractivity contribution >= 4 is 35.6 Å². The largest absolute Gasteiger partial charge is 0.481 e. The van der Waals surface area contributed by atoms with E-state index in [1.165, 1.54) is 4.90 Å². The van der Waals surface area contributed by atoms with Crippen molar-refractivity contribution in [3.05, 3.63) is 0 Å². The molecule has 0 aliphatic carbocycles. The van der Waals surface area contributed by atoms with E-state index in [-0.39, 0.29) is 19.4 Å². The average molecular weight is 488 g/mol. The minimum absolute atomic E-state index is 0.143. The lowest BCUT2D eigenvalue weighted by Crippen LogP contribution is -2.58. The Labute approximate surface area is 196 Å². The first-order valence-electron chi connectivity index (χ1n) is 10.9. The zero-order valence-electron chi connectivity index (χ0n) is 19.0. The van der Waals surface area contributed by atoms with Crippen LogP contribution in [0.3, 0.4) is 0 Å². The molecule has 192 valence electrons. The summed E-state index contributed by atoms with van der Waals surface area (Å²) >= 11 is 0. The lowest BCUT2D eigenvalue weighted by molar-refractivity contribution is -0.150. The second-order valence-corrected chi connectivity index (χ2v) is 7.94. The molecule has 0 aromatic carbocycles. The van der Waals surface area contributed by atoms with Crippen LogP contribution in [0.2, 0.25) is 0 Å². The monoisotopic (exact) mass is 487 g/mol. The second-order valence-electron chi connectivity index (χ2n) is 7.94. The molecule has 14 nitrogen and oxygen atoms in total. The van der Waals surface area contributed by atoms with E-state index < -0.39 is 72.8 Å². The number of ether oxygens (including phenoxy) is 1. The van der Waals surface area contributed by atoms with Gasteiger partial charge in [-0.3, -0.25) is 24.0 Å². The van der Waals surface area contributed by atoms with Gasteiger partial charge in [0, 0.05) is 13.5 Å². The fourth-order valence-corrected chi connectivity index (χ4v) is 3.46. The van der Waals surface area contributed by atoms with Crippen LogP contribution >= 0.6 is 0 Å². The number of aliphatic carboxylic acids is 2. The predicted molar refractivity (Wildman–Crippen MR) is 116 cm³/mol. The number of carboxylic acid groups (broad SMARTS) is 2. The highest BCUT2D eigenvalue weighted by atomic mass is 16.5. The fraction of sp³-hybridized carbons (Fsp3) is 0.700. The molecule has 1 aliphatic heterocycles. The number of nitrogens with one attached hydrogen (secondary N) is 2. The minimum atomic E-state index is -1.58. The highest BCUT2D eigenvalue weighted by molar-refractivity contribution is 5.95. The number of likely N-dealkylation sites (tertiary alicyclic amines) is 1. The van der Waals surface area contributed by atoms with Crippen LogP contribution in [0.5, 0.6) is 0 Å². The molecule has 14 heteroatoms. The van der Waals surface area contributed by atoms with Crippen LogP contribution in [0.4, 0.5) is 0 Å². The van der Waals surface area contributed by atoms with Crippen LogP contribution < -0.4 is 22.1 Å². The molecule has 0 aromatic heterocycles. The SMILES string of the molecule is CC(=O)OC[C@H](N)C(=O)N[C@@H](CC(=O)O)C(=O)N[C@@H](CCCCN)C(=O)N1CCC[C@H]1C(=O)O. The zero-order valence-corrected chi connectivity index (χ0v) is 19.0. The van der Waals surface area contributed by atoms with Gasteiger partial charge in [0.25, 0.3) is 0 Å². The summed E-state index contributed by atoms with van der Waals surface area (Å²) in [6.07, 6.45) is 1.10. The van der Waals surface area contributed by atoms with Crippen molar-refractivity contribution < 1.29 is 43.7 Å². The summed E-state index contributed by atoms with van der Waals surface area (Å²) in [5.74, 6) is -5.72. The maximum Gasteiger partial charge on any atom is 0.326 e. The van der Waals surface area contributed by atoms with Gasteiger partial charge in [-0.25, -0.2) is 4.79 Å². The number of carboxylic acids is 2. The molecule has 0 bridgehead atoms. The summed E-state index contributed by atoms with van der Waals surface area (Å²) in [4.78, 5) is 73.0. The molecule has 0 saturated carbocycles. The topological polar surface area (TPSA) is 231 Å². The van der Waals surface area contributed by atoms with Crippen molar-refractivity contribution in [2.24, 2.45) is 11.5 Å². The van der Waals surface area contributed by atoms with E-state index in [0.717, 1.165) is 6.92 Å². The van der Waals surface area contributed by atoms with Crippen LogP contribution in [0, 0.1) is 0 Å². The van der Waals surface area contributed by atoms with E-state index in [4.69, 9.17) is 16.6 Å².